The fraction of sp³-hybridized carbons (Fsp3) is 0.294. The lowest BCUT2D eigenvalue weighted by molar-refractivity contribution is -0.127. The maximum atomic E-state index is 12.1. The van der Waals surface area contributed by atoms with Crippen molar-refractivity contribution in [1.82, 2.24) is 10.2 Å². The summed E-state index contributed by atoms with van der Waals surface area (Å²) < 4.78 is 0. The standard InChI is InChI=1S/C17H18ClN3O2S/c18-13-4-1-3-12(9-13)6-7-21-11-14(10-16(21)22)19-17(23)20-15-5-2-8-24-15/h1-5,8-9,14H,6-7,10-11H2,(H2,19,20,23)/t14-/m0/s1. The minimum absolute atomic E-state index is 0.0680. The summed E-state index contributed by atoms with van der Waals surface area (Å²) in [4.78, 5) is 25.8. The summed E-state index contributed by atoms with van der Waals surface area (Å²) in [6.07, 6.45) is 1.09. The Kier molecular flexibility index (Phi) is 5.37. The van der Waals surface area contributed by atoms with Crippen LogP contribution < -0.4 is 10.6 Å². The van der Waals surface area contributed by atoms with Crippen LogP contribution in [-0.2, 0) is 11.2 Å². The fourth-order valence-electron chi connectivity index (χ4n) is 2.72. The van der Waals surface area contributed by atoms with Gasteiger partial charge < -0.3 is 10.2 Å². The molecule has 0 bridgehead atoms. The lowest BCUT2D eigenvalue weighted by Crippen LogP contribution is -2.39. The molecule has 1 aromatic heterocycles. The zero-order chi connectivity index (χ0) is 16.9. The molecule has 1 aliphatic heterocycles. The molecule has 7 heteroatoms. The molecule has 2 aromatic rings. The van der Waals surface area contributed by atoms with Crippen LogP contribution >= 0.6 is 22.9 Å². The third-order valence-corrected chi connectivity index (χ3v) is 4.89. The Balaban J connectivity index is 1.47. The Bertz CT molecular complexity index is 720. The molecule has 1 atom stereocenters. The number of anilines is 1. The Morgan fingerprint density at radius 1 is 1.33 bits per heavy atom. The minimum Gasteiger partial charge on any atom is -0.340 e. The lowest BCUT2D eigenvalue weighted by atomic mass is 10.1. The van der Waals surface area contributed by atoms with Gasteiger partial charge in [-0.1, -0.05) is 23.7 Å². The minimum atomic E-state index is -0.271. The van der Waals surface area contributed by atoms with Crippen LogP contribution in [0.4, 0.5) is 9.80 Å². The smallest absolute Gasteiger partial charge is 0.320 e. The number of thiophene rings is 1. The van der Waals surface area contributed by atoms with Gasteiger partial charge in [-0.2, -0.15) is 0 Å². The molecule has 3 amide bonds. The number of hydrogen-bond donors (Lipinski definition) is 2. The number of carbonyl (C=O) groups is 2. The number of urea groups is 1. The molecular formula is C17H18ClN3O2S. The zero-order valence-corrected chi connectivity index (χ0v) is 14.6. The first-order chi connectivity index (χ1) is 11.6. The fourth-order valence-corrected chi connectivity index (χ4v) is 3.55. The lowest BCUT2D eigenvalue weighted by Gasteiger charge is -2.17. The summed E-state index contributed by atoms with van der Waals surface area (Å²) in [6.45, 7) is 1.17. The third kappa shape index (κ3) is 4.49. The first-order valence-corrected chi connectivity index (χ1v) is 8.99. The number of rotatable bonds is 5. The molecule has 1 saturated heterocycles. The molecule has 0 radical (unpaired) electrons. The summed E-state index contributed by atoms with van der Waals surface area (Å²) >= 11 is 7.43. The highest BCUT2D eigenvalue weighted by molar-refractivity contribution is 7.14. The van der Waals surface area contributed by atoms with Crippen molar-refractivity contribution in [2.24, 2.45) is 0 Å². The first-order valence-electron chi connectivity index (χ1n) is 7.73. The second-order valence-corrected chi connectivity index (χ2v) is 7.08. The van der Waals surface area contributed by atoms with Crippen LogP contribution in [0.5, 0.6) is 0 Å². The Hall–Kier alpha value is -2.05. The van der Waals surface area contributed by atoms with Crippen molar-refractivity contribution < 1.29 is 9.59 Å². The highest BCUT2D eigenvalue weighted by Crippen LogP contribution is 2.17. The molecule has 0 saturated carbocycles. The summed E-state index contributed by atoms with van der Waals surface area (Å²) in [5, 5.41) is 9.01. The summed E-state index contributed by atoms with van der Waals surface area (Å²) in [6, 6.07) is 10.9. The molecule has 24 heavy (non-hydrogen) atoms. The Morgan fingerprint density at radius 2 is 2.21 bits per heavy atom. The van der Waals surface area contributed by atoms with Crippen LogP contribution in [-0.4, -0.2) is 36.0 Å². The van der Waals surface area contributed by atoms with Crippen molar-refractivity contribution in [3.8, 4) is 0 Å². The van der Waals surface area contributed by atoms with Gasteiger partial charge in [0.1, 0.15) is 0 Å². The van der Waals surface area contributed by atoms with Gasteiger partial charge in [0, 0.05) is 24.5 Å². The number of likely N-dealkylation sites (tertiary alicyclic amines) is 1. The van der Waals surface area contributed by atoms with Gasteiger partial charge in [-0.3, -0.25) is 10.1 Å². The molecule has 1 aliphatic rings. The molecule has 5 nitrogen and oxygen atoms in total. The number of carbonyl (C=O) groups excluding carboxylic acids is 2. The highest BCUT2D eigenvalue weighted by Gasteiger charge is 2.30. The summed E-state index contributed by atoms with van der Waals surface area (Å²) in [5.41, 5.74) is 1.10. The van der Waals surface area contributed by atoms with E-state index in [4.69, 9.17) is 11.6 Å². The van der Waals surface area contributed by atoms with Gasteiger partial charge in [0.2, 0.25) is 5.91 Å². The highest BCUT2D eigenvalue weighted by atomic mass is 35.5. The van der Waals surface area contributed by atoms with Crippen LogP contribution in [0.25, 0.3) is 0 Å². The molecule has 2 heterocycles. The van der Waals surface area contributed by atoms with E-state index in [0.29, 0.717) is 24.5 Å². The van der Waals surface area contributed by atoms with E-state index in [-0.39, 0.29) is 18.0 Å². The number of hydrogen-bond acceptors (Lipinski definition) is 3. The van der Waals surface area contributed by atoms with Gasteiger partial charge in [0.25, 0.3) is 0 Å². The molecule has 1 aromatic carbocycles. The third-order valence-electron chi connectivity index (χ3n) is 3.87. The number of nitrogens with one attached hydrogen (secondary N) is 2. The molecule has 3 rings (SSSR count). The monoisotopic (exact) mass is 363 g/mol. The SMILES string of the molecule is O=C(Nc1cccs1)N[C@H]1CC(=O)N(CCc2cccc(Cl)c2)C1. The van der Waals surface area contributed by atoms with Crippen molar-refractivity contribution >= 4 is 39.9 Å². The van der Waals surface area contributed by atoms with Crippen molar-refractivity contribution in [3.63, 3.8) is 0 Å². The zero-order valence-electron chi connectivity index (χ0n) is 13.0. The van der Waals surface area contributed by atoms with Crippen molar-refractivity contribution in [1.29, 1.82) is 0 Å². The number of nitrogens with zero attached hydrogens (tertiary/aromatic N) is 1. The van der Waals surface area contributed by atoms with E-state index < -0.39 is 0 Å². The van der Waals surface area contributed by atoms with Crippen LogP contribution in [0.1, 0.15) is 12.0 Å². The van der Waals surface area contributed by atoms with Crippen molar-refractivity contribution in [3.05, 3.63) is 52.4 Å². The van der Waals surface area contributed by atoms with Crippen molar-refractivity contribution in [2.75, 3.05) is 18.4 Å². The average molecular weight is 364 g/mol. The van der Waals surface area contributed by atoms with E-state index in [9.17, 15) is 9.59 Å². The predicted octanol–water partition coefficient (Wildman–Crippen LogP) is 3.37. The maximum absolute atomic E-state index is 12.1. The van der Waals surface area contributed by atoms with E-state index in [1.54, 1.807) is 4.90 Å². The second-order valence-electron chi connectivity index (χ2n) is 5.70. The predicted molar refractivity (Wildman–Crippen MR) is 96.6 cm³/mol. The van der Waals surface area contributed by atoms with E-state index in [2.05, 4.69) is 10.6 Å². The average Bonchev–Trinajstić information content (AvgIpc) is 3.15. The molecule has 0 aliphatic carbocycles. The molecule has 1 fully saturated rings. The van der Waals surface area contributed by atoms with Crippen molar-refractivity contribution in [2.45, 2.75) is 18.9 Å². The van der Waals surface area contributed by atoms with E-state index in [1.807, 2.05) is 41.8 Å². The van der Waals surface area contributed by atoms with Crippen LogP contribution in [0.15, 0.2) is 41.8 Å². The van der Waals surface area contributed by atoms with Gasteiger partial charge in [-0.25, -0.2) is 4.79 Å². The molecule has 2 N–H and O–H groups in total. The van der Waals surface area contributed by atoms with E-state index in [0.717, 1.165) is 17.0 Å². The first kappa shape index (κ1) is 16.8. The molecule has 0 spiro atoms. The molecular weight excluding hydrogens is 346 g/mol. The Morgan fingerprint density at radius 3 is 2.96 bits per heavy atom. The van der Waals surface area contributed by atoms with E-state index >= 15 is 0 Å². The van der Waals surface area contributed by atoms with Gasteiger partial charge in [-0.15, -0.1) is 11.3 Å². The largest absolute Gasteiger partial charge is 0.340 e. The quantitative estimate of drug-likeness (QED) is 0.855. The van der Waals surface area contributed by atoms with Gasteiger partial charge in [0.05, 0.1) is 11.0 Å². The second kappa shape index (κ2) is 7.68. The summed E-state index contributed by atoms with van der Waals surface area (Å²) in [5.74, 6) is 0.0680. The van der Waals surface area contributed by atoms with Gasteiger partial charge in [-0.05, 0) is 41.6 Å². The van der Waals surface area contributed by atoms with Crippen LogP contribution in [0.2, 0.25) is 5.02 Å². The van der Waals surface area contributed by atoms with Crippen LogP contribution in [0.3, 0.4) is 0 Å². The topological polar surface area (TPSA) is 61.4 Å². The van der Waals surface area contributed by atoms with Gasteiger partial charge >= 0.3 is 6.03 Å². The number of halogens is 1. The van der Waals surface area contributed by atoms with Gasteiger partial charge in [0.15, 0.2) is 0 Å². The summed E-state index contributed by atoms with van der Waals surface area (Å²) in [7, 11) is 0. The Labute approximate surface area is 149 Å². The van der Waals surface area contributed by atoms with E-state index in [1.165, 1.54) is 11.3 Å². The molecule has 126 valence electrons. The number of amides is 3. The number of benzene rings is 1. The normalized spacial score (nSPS) is 17.1. The van der Waals surface area contributed by atoms with Crippen LogP contribution in [0, 0.1) is 0 Å². The maximum Gasteiger partial charge on any atom is 0.320 e. The molecule has 0 unspecified atom stereocenters.